The molecule has 0 aliphatic heterocycles. The van der Waals surface area contributed by atoms with Gasteiger partial charge in [0.25, 0.3) is 0 Å². The van der Waals surface area contributed by atoms with Crippen LogP contribution in [0, 0.1) is 0 Å². The molecule has 3 rings (SSSR count). The molecular formula is C24H27O3PSn. The third-order valence-corrected chi connectivity index (χ3v) is 24.2. The van der Waals surface area contributed by atoms with Gasteiger partial charge in [0.1, 0.15) is 0 Å². The third-order valence-electron chi connectivity index (χ3n) is 4.98. The van der Waals surface area contributed by atoms with E-state index < -0.39 is 26.0 Å². The summed E-state index contributed by atoms with van der Waals surface area (Å²) in [6.07, 6.45) is 0. The van der Waals surface area contributed by atoms with Gasteiger partial charge in [0.2, 0.25) is 0 Å². The molecule has 0 bridgehead atoms. The molecule has 3 nitrogen and oxygen atoms in total. The van der Waals surface area contributed by atoms with Crippen molar-refractivity contribution in [2.75, 3.05) is 13.2 Å². The summed E-state index contributed by atoms with van der Waals surface area (Å²) < 4.78 is 29.7. The van der Waals surface area contributed by atoms with Crippen molar-refractivity contribution in [2.24, 2.45) is 0 Å². The Kier molecular flexibility index (Phi) is 7.53. The van der Waals surface area contributed by atoms with Gasteiger partial charge < -0.3 is 0 Å². The Hall–Kier alpha value is -1.65. The van der Waals surface area contributed by atoms with Crippen LogP contribution in [0.25, 0.3) is 0 Å². The molecule has 3 aromatic rings. The average Bonchev–Trinajstić information content (AvgIpc) is 2.77. The molecule has 0 fully saturated rings. The standard InChI is InChI=1S/C6H12O3P.3C6H5.Sn/c1-4-8-10(7,6-3)9-5-2;3*1-2-4-6-5-3-1;/h3-5H2,1-2H3;3*1-5H;. The second-order valence-corrected chi connectivity index (χ2v) is 20.8. The Morgan fingerprint density at radius 2 is 1.03 bits per heavy atom. The Morgan fingerprint density at radius 3 is 1.31 bits per heavy atom. The predicted molar refractivity (Wildman–Crippen MR) is 124 cm³/mol. The summed E-state index contributed by atoms with van der Waals surface area (Å²) in [6, 6.07) is 31.0. The van der Waals surface area contributed by atoms with Crippen LogP contribution in [0.15, 0.2) is 101 Å². The molecule has 0 aromatic heterocycles. The molecule has 29 heavy (non-hydrogen) atoms. The monoisotopic (exact) mass is 514 g/mol. The first-order chi connectivity index (χ1) is 14.1. The maximum absolute atomic E-state index is 14.0. The predicted octanol–water partition coefficient (Wildman–Crippen LogP) is 4.48. The van der Waals surface area contributed by atoms with Gasteiger partial charge in [-0.1, -0.05) is 0 Å². The summed E-state index contributed by atoms with van der Waals surface area (Å²) in [5, 5.41) is 0. The van der Waals surface area contributed by atoms with Crippen LogP contribution in [-0.2, 0) is 13.6 Å². The molecule has 0 aliphatic rings. The van der Waals surface area contributed by atoms with Crippen LogP contribution in [0.3, 0.4) is 0 Å². The Bertz CT molecular complexity index is 868. The van der Waals surface area contributed by atoms with Gasteiger partial charge in [0, 0.05) is 0 Å². The van der Waals surface area contributed by atoms with E-state index in [1.807, 2.05) is 68.4 Å². The van der Waals surface area contributed by atoms with Crippen molar-refractivity contribution in [3.05, 3.63) is 101 Å². The van der Waals surface area contributed by atoms with Crippen molar-refractivity contribution in [1.29, 1.82) is 0 Å². The van der Waals surface area contributed by atoms with E-state index in [1.165, 1.54) is 10.7 Å². The summed E-state index contributed by atoms with van der Waals surface area (Å²) in [5.74, 6) is 0. The van der Waals surface area contributed by atoms with Crippen molar-refractivity contribution in [3.63, 3.8) is 0 Å². The van der Waals surface area contributed by atoms with Crippen molar-refractivity contribution >= 4 is 36.7 Å². The Balaban J connectivity index is 2.40. The molecule has 0 saturated heterocycles. The first-order valence-corrected chi connectivity index (χ1v) is 17.1. The first-order valence-electron chi connectivity index (χ1n) is 9.85. The van der Waals surface area contributed by atoms with Crippen LogP contribution in [-0.4, -0.2) is 31.6 Å². The molecular weight excluding hydrogens is 486 g/mol. The van der Waals surface area contributed by atoms with E-state index in [9.17, 15) is 4.57 Å². The topological polar surface area (TPSA) is 35.5 Å². The SMILES string of the molecule is C=[C](P(=O)(OCC)OCC)[Sn]([c]1ccccc1)([c]1ccccc1)[c]1ccccc1. The van der Waals surface area contributed by atoms with Gasteiger partial charge in [-0.15, -0.1) is 0 Å². The fourth-order valence-corrected chi connectivity index (χ4v) is 24.1. The van der Waals surface area contributed by atoms with Crippen LogP contribution in [0.4, 0.5) is 0 Å². The van der Waals surface area contributed by atoms with E-state index in [4.69, 9.17) is 9.05 Å². The number of hydrogen-bond acceptors (Lipinski definition) is 3. The second kappa shape index (κ2) is 9.90. The molecule has 150 valence electrons. The molecule has 0 amide bonds. The van der Waals surface area contributed by atoms with Gasteiger partial charge in [-0.2, -0.15) is 0 Å². The molecule has 0 radical (unpaired) electrons. The van der Waals surface area contributed by atoms with Crippen LogP contribution in [0.1, 0.15) is 13.8 Å². The van der Waals surface area contributed by atoms with Crippen LogP contribution in [0.2, 0.25) is 0 Å². The van der Waals surface area contributed by atoms with Crippen molar-refractivity contribution in [1.82, 2.24) is 0 Å². The van der Waals surface area contributed by atoms with Crippen molar-refractivity contribution in [2.45, 2.75) is 13.8 Å². The van der Waals surface area contributed by atoms with Crippen LogP contribution < -0.4 is 10.7 Å². The molecule has 0 aliphatic carbocycles. The zero-order chi connectivity index (χ0) is 20.7. The van der Waals surface area contributed by atoms with Crippen LogP contribution >= 0.6 is 7.60 Å². The second-order valence-electron chi connectivity index (χ2n) is 6.63. The van der Waals surface area contributed by atoms with Gasteiger partial charge >= 0.3 is 178 Å². The minimum atomic E-state index is -4.00. The van der Waals surface area contributed by atoms with Gasteiger partial charge in [-0.3, -0.25) is 0 Å². The fraction of sp³-hybridized carbons (Fsp3) is 0.167. The van der Waals surface area contributed by atoms with Gasteiger partial charge in [-0.05, 0) is 0 Å². The number of hydrogen-bond donors (Lipinski definition) is 0. The summed E-state index contributed by atoms with van der Waals surface area (Å²) in [4.78, 5) is 0. The Morgan fingerprint density at radius 1 is 0.724 bits per heavy atom. The molecule has 0 N–H and O–H groups in total. The van der Waals surface area contributed by atoms with Crippen LogP contribution in [0.5, 0.6) is 0 Å². The first kappa shape index (κ1) is 22.0. The van der Waals surface area contributed by atoms with E-state index in [0.29, 0.717) is 16.5 Å². The molecule has 0 unspecified atom stereocenters. The summed E-state index contributed by atoms with van der Waals surface area (Å²) >= 11 is -4.00. The van der Waals surface area contributed by atoms with Gasteiger partial charge in [0.15, 0.2) is 0 Å². The molecule has 3 aromatic carbocycles. The molecule has 0 heterocycles. The van der Waals surface area contributed by atoms with E-state index in [0.717, 1.165) is 0 Å². The molecule has 0 atom stereocenters. The number of rotatable bonds is 9. The zero-order valence-corrected chi connectivity index (χ0v) is 20.7. The van der Waals surface area contributed by atoms with E-state index >= 15 is 0 Å². The molecule has 0 spiro atoms. The average molecular weight is 513 g/mol. The molecule has 0 saturated carbocycles. The Labute approximate surface area is 177 Å². The summed E-state index contributed by atoms with van der Waals surface area (Å²) in [5.41, 5.74) is 0. The van der Waals surface area contributed by atoms with E-state index in [-0.39, 0.29) is 0 Å². The molecule has 5 heteroatoms. The number of benzene rings is 3. The zero-order valence-electron chi connectivity index (χ0n) is 17.0. The van der Waals surface area contributed by atoms with Crippen molar-refractivity contribution in [3.8, 4) is 0 Å². The van der Waals surface area contributed by atoms with Gasteiger partial charge in [0.05, 0.1) is 0 Å². The fourth-order valence-electron chi connectivity index (χ4n) is 3.80. The van der Waals surface area contributed by atoms with Gasteiger partial charge in [-0.25, -0.2) is 0 Å². The van der Waals surface area contributed by atoms with E-state index in [1.54, 1.807) is 0 Å². The minimum absolute atomic E-state index is 0.302. The quantitative estimate of drug-likeness (QED) is 0.313. The third kappa shape index (κ3) is 4.29. The normalized spacial score (nSPS) is 11.9. The van der Waals surface area contributed by atoms with E-state index in [2.05, 4.69) is 43.0 Å². The maximum atomic E-state index is 14.0. The summed E-state index contributed by atoms with van der Waals surface area (Å²) in [7, 11) is -3.53. The summed E-state index contributed by atoms with van der Waals surface area (Å²) in [6.45, 7) is 8.72. The van der Waals surface area contributed by atoms with Crippen molar-refractivity contribution < 1.29 is 13.6 Å².